The summed E-state index contributed by atoms with van der Waals surface area (Å²) in [6.45, 7) is 6.11. The van der Waals surface area contributed by atoms with Gasteiger partial charge in [-0.3, -0.25) is 0 Å². The summed E-state index contributed by atoms with van der Waals surface area (Å²) in [5.74, 6) is -1.49. The van der Waals surface area contributed by atoms with E-state index in [1.165, 1.54) is 0 Å². The molecule has 0 saturated heterocycles. The van der Waals surface area contributed by atoms with Crippen molar-refractivity contribution in [2.24, 2.45) is 5.92 Å². The first-order valence-electron chi connectivity index (χ1n) is 9.66. The molecule has 2 aromatic rings. The zero-order valence-electron chi connectivity index (χ0n) is 17.9. The summed E-state index contributed by atoms with van der Waals surface area (Å²) in [5.41, 5.74) is -2.30. The summed E-state index contributed by atoms with van der Waals surface area (Å²) in [7, 11) is 0. The second-order valence-corrected chi connectivity index (χ2v) is 7.92. The maximum Gasteiger partial charge on any atom is 0.408 e. The van der Waals surface area contributed by atoms with E-state index in [9.17, 15) is 19.7 Å². The molecule has 0 aromatic heterocycles. The summed E-state index contributed by atoms with van der Waals surface area (Å²) in [6.07, 6.45) is -0.880. The Morgan fingerprint density at radius 1 is 1.03 bits per heavy atom. The number of hydrogen-bond acceptors (Lipinski definition) is 7. The Morgan fingerprint density at radius 2 is 1.58 bits per heavy atom. The second kappa shape index (κ2) is 9.92. The van der Waals surface area contributed by atoms with Crippen LogP contribution in [0.5, 0.6) is 5.75 Å². The fraction of sp³-hybridized carbons (Fsp3) is 0.364. The summed E-state index contributed by atoms with van der Waals surface area (Å²) in [5, 5.41) is 12.4. The van der Waals surface area contributed by atoms with Gasteiger partial charge in [-0.15, -0.1) is 10.1 Å². The van der Waals surface area contributed by atoms with Crippen molar-refractivity contribution >= 4 is 12.1 Å². The lowest BCUT2D eigenvalue weighted by molar-refractivity contribution is -0.759. The number of esters is 1. The van der Waals surface area contributed by atoms with Gasteiger partial charge in [0.2, 0.25) is 0 Å². The van der Waals surface area contributed by atoms with Crippen LogP contribution < -0.4 is 10.1 Å². The lowest BCUT2D eigenvalue weighted by atomic mass is 9.79. The lowest BCUT2D eigenvalue weighted by Gasteiger charge is -2.37. The highest BCUT2D eigenvalue weighted by molar-refractivity contribution is 5.89. The maximum absolute atomic E-state index is 13.5. The van der Waals surface area contributed by atoms with Crippen LogP contribution >= 0.6 is 0 Å². The number of carbonyl (C=O) groups is 2. The van der Waals surface area contributed by atoms with Gasteiger partial charge in [-0.1, -0.05) is 55.5 Å². The molecule has 166 valence electrons. The average molecular weight is 430 g/mol. The topological polar surface area (TPSA) is 117 Å². The van der Waals surface area contributed by atoms with E-state index in [0.29, 0.717) is 5.56 Å². The summed E-state index contributed by atoms with van der Waals surface area (Å²) >= 11 is 0. The summed E-state index contributed by atoms with van der Waals surface area (Å²) < 4.78 is 10.9. The zero-order valence-corrected chi connectivity index (χ0v) is 17.9. The standard InChI is InChI=1S/C22H26N2O7/c1-16(15-29-24(27)28)22(17-11-7-5-8-12-17,23-20(26)31-21(2,3)4)19(25)30-18-13-9-6-10-14-18/h5-14,16H,15H2,1-4H3,(H,23,26). The van der Waals surface area contributed by atoms with Crippen molar-refractivity contribution < 1.29 is 29.0 Å². The molecule has 1 N–H and O–H groups in total. The third kappa shape index (κ3) is 6.43. The molecule has 2 aromatic carbocycles. The molecule has 0 aliphatic heterocycles. The van der Waals surface area contributed by atoms with E-state index < -0.39 is 40.8 Å². The van der Waals surface area contributed by atoms with E-state index in [1.54, 1.807) is 88.4 Å². The number of para-hydroxylation sites is 1. The third-order valence-corrected chi connectivity index (χ3v) is 4.37. The molecule has 2 unspecified atom stereocenters. The fourth-order valence-electron chi connectivity index (χ4n) is 2.99. The number of amides is 1. The molecule has 2 atom stereocenters. The molecule has 0 bridgehead atoms. The molecule has 2 rings (SSSR count). The van der Waals surface area contributed by atoms with Crippen molar-refractivity contribution in [3.05, 3.63) is 76.3 Å². The van der Waals surface area contributed by atoms with Gasteiger partial charge in [0.1, 0.15) is 18.0 Å². The molecule has 0 spiro atoms. The first-order valence-corrected chi connectivity index (χ1v) is 9.66. The number of nitrogens with zero attached hydrogens (tertiary/aromatic N) is 1. The molecule has 0 aliphatic carbocycles. The van der Waals surface area contributed by atoms with Gasteiger partial charge in [0.15, 0.2) is 5.54 Å². The highest BCUT2D eigenvalue weighted by Crippen LogP contribution is 2.33. The molecular formula is C22H26N2O7. The van der Waals surface area contributed by atoms with Crippen LogP contribution in [-0.4, -0.2) is 29.4 Å². The Bertz CT molecular complexity index is 897. The quantitative estimate of drug-likeness (QED) is 0.292. The van der Waals surface area contributed by atoms with Crippen LogP contribution in [0.4, 0.5) is 4.79 Å². The van der Waals surface area contributed by atoms with E-state index in [0.717, 1.165) is 0 Å². The average Bonchev–Trinajstić information content (AvgIpc) is 2.70. The second-order valence-electron chi connectivity index (χ2n) is 7.92. The van der Waals surface area contributed by atoms with Crippen molar-refractivity contribution in [1.82, 2.24) is 5.32 Å². The molecule has 31 heavy (non-hydrogen) atoms. The summed E-state index contributed by atoms with van der Waals surface area (Å²) in [6, 6.07) is 16.6. The van der Waals surface area contributed by atoms with Gasteiger partial charge in [0.05, 0.1) is 0 Å². The number of carbonyl (C=O) groups excluding carboxylic acids is 2. The van der Waals surface area contributed by atoms with Crippen LogP contribution in [0.2, 0.25) is 0 Å². The Labute approximate surface area is 180 Å². The van der Waals surface area contributed by atoms with Crippen LogP contribution in [-0.2, 0) is 19.9 Å². The van der Waals surface area contributed by atoms with Gasteiger partial charge in [0.25, 0.3) is 5.09 Å². The van der Waals surface area contributed by atoms with Crippen LogP contribution in [0.3, 0.4) is 0 Å². The minimum absolute atomic E-state index is 0.251. The van der Waals surface area contributed by atoms with Crippen molar-refractivity contribution in [1.29, 1.82) is 0 Å². The SMILES string of the molecule is CC(CO[N+](=O)[O-])C(NC(=O)OC(C)(C)C)(C(=O)Oc1ccccc1)c1ccccc1. The van der Waals surface area contributed by atoms with Gasteiger partial charge in [0, 0.05) is 5.92 Å². The molecule has 0 fully saturated rings. The monoisotopic (exact) mass is 430 g/mol. The minimum Gasteiger partial charge on any atom is -0.444 e. The Morgan fingerprint density at radius 3 is 2.10 bits per heavy atom. The Hall–Kier alpha value is -3.62. The number of hydrogen-bond donors (Lipinski definition) is 1. The molecule has 0 aliphatic rings. The van der Waals surface area contributed by atoms with E-state index in [-0.39, 0.29) is 5.75 Å². The first kappa shape index (κ1) is 23.7. The van der Waals surface area contributed by atoms with Gasteiger partial charge in [-0.2, -0.15) is 0 Å². The molecule has 1 amide bonds. The highest BCUT2D eigenvalue weighted by atomic mass is 16.9. The number of rotatable bonds is 8. The van der Waals surface area contributed by atoms with Gasteiger partial charge >= 0.3 is 12.1 Å². The minimum atomic E-state index is -1.82. The third-order valence-electron chi connectivity index (χ3n) is 4.37. The maximum atomic E-state index is 13.5. The van der Waals surface area contributed by atoms with Crippen LogP contribution in [0, 0.1) is 16.0 Å². The number of ether oxygens (including phenoxy) is 2. The molecule has 0 radical (unpaired) electrons. The number of nitrogens with one attached hydrogen (secondary N) is 1. The fourth-order valence-corrected chi connectivity index (χ4v) is 2.99. The van der Waals surface area contributed by atoms with Gasteiger partial charge < -0.3 is 19.6 Å². The first-order chi connectivity index (χ1) is 14.5. The summed E-state index contributed by atoms with van der Waals surface area (Å²) in [4.78, 5) is 41.6. The molecular weight excluding hydrogens is 404 g/mol. The van der Waals surface area contributed by atoms with Crippen molar-refractivity contribution in [3.63, 3.8) is 0 Å². The lowest BCUT2D eigenvalue weighted by Crippen LogP contribution is -2.59. The largest absolute Gasteiger partial charge is 0.444 e. The molecule has 0 saturated carbocycles. The Balaban J connectivity index is 2.54. The zero-order chi connectivity index (χ0) is 23.1. The van der Waals surface area contributed by atoms with E-state index in [2.05, 4.69) is 10.2 Å². The molecule has 9 heteroatoms. The van der Waals surface area contributed by atoms with Crippen molar-refractivity contribution in [3.8, 4) is 5.75 Å². The Kier molecular flexibility index (Phi) is 7.57. The van der Waals surface area contributed by atoms with Gasteiger partial charge in [-0.25, -0.2) is 9.59 Å². The number of alkyl carbamates (subject to hydrolysis) is 1. The smallest absolute Gasteiger partial charge is 0.408 e. The normalized spacial score (nSPS) is 13.9. The molecule has 0 heterocycles. The van der Waals surface area contributed by atoms with E-state index >= 15 is 0 Å². The highest BCUT2D eigenvalue weighted by Gasteiger charge is 2.49. The van der Waals surface area contributed by atoms with Crippen LogP contribution in [0.25, 0.3) is 0 Å². The van der Waals surface area contributed by atoms with Crippen LogP contribution in [0.1, 0.15) is 33.3 Å². The predicted molar refractivity (Wildman–Crippen MR) is 112 cm³/mol. The van der Waals surface area contributed by atoms with Crippen molar-refractivity contribution in [2.75, 3.05) is 6.61 Å². The van der Waals surface area contributed by atoms with Gasteiger partial charge in [-0.05, 0) is 38.5 Å². The van der Waals surface area contributed by atoms with Crippen LogP contribution in [0.15, 0.2) is 60.7 Å². The van der Waals surface area contributed by atoms with E-state index in [1.807, 2.05) is 0 Å². The van der Waals surface area contributed by atoms with E-state index in [4.69, 9.17) is 9.47 Å². The molecule has 9 nitrogen and oxygen atoms in total. The number of benzene rings is 2. The van der Waals surface area contributed by atoms with Crippen molar-refractivity contribution in [2.45, 2.75) is 38.8 Å². The predicted octanol–water partition coefficient (Wildman–Crippen LogP) is 3.86.